The van der Waals surface area contributed by atoms with Crippen molar-refractivity contribution < 1.29 is 23.1 Å². The third-order valence-corrected chi connectivity index (χ3v) is 4.91. The Hall–Kier alpha value is -2.87. The summed E-state index contributed by atoms with van der Waals surface area (Å²) in [6.07, 6.45) is 0. The van der Waals surface area contributed by atoms with Gasteiger partial charge in [0.2, 0.25) is 0 Å². The van der Waals surface area contributed by atoms with E-state index in [0.29, 0.717) is 0 Å². The first-order valence-corrected chi connectivity index (χ1v) is 9.01. The third kappa shape index (κ3) is 3.80. The molecule has 5 nitrogen and oxygen atoms in total. The van der Waals surface area contributed by atoms with Crippen LogP contribution in [-0.4, -0.2) is 23.1 Å². The summed E-state index contributed by atoms with van der Waals surface area (Å²) >= 11 is 1.16. The van der Waals surface area contributed by atoms with E-state index in [1.54, 1.807) is 6.92 Å². The van der Waals surface area contributed by atoms with Crippen molar-refractivity contribution in [2.75, 3.05) is 6.61 Å². The highest BCUT2D eigenvalue weighted by molar-refractivity contribution is 7.16. The van der Waals surface area contributed by atoms with Gasteiger partial charge in [-0.1, -0.05) is 29.5 Å². The van der Waals surface area contributed by atoms with Crippen molar-refractivity contribution in [2.24, 2.45) is 4.99 Å². The largest absolute Gasteiger partial charge is 0.465 e. The summed E-state index contributed by atoms with van der Waals surface area (Å²) < 4.78 is 35.1. The van der Waals surface area contributed by atoms with Gasteiger partial charge in [0.15, 0.2) is 4.80 Å². The lowest BCUT2D eigenvalue weighted by atomic mass is 10.2. The Morgan fingerprint density at radius 1 is 1.15 bits per heavy atom. The van der Waals surface area contributed by atoms with Gasteiger partial charge in [-0.15, -0.1) is 0 Å². The Morgan fingerprint density at radius 3 is 2.48 bits per heavy atom. The number of hydrogen-bond acceptors (Lipinski definition) is 4. The normalized spacial score (nSPS) is 11.8. The van der Waals surface area contributed by atoms with E-state index in [9.17, 15) is 18.4 Å². The number of carbonyl (C=O) groups is 2. The second-order valence-electron chi connectivity index (χ2n) is 5.71. The lowest BCUT2D eigenvalue weighted by Gasteiger charge is -2.07. The van der Waals surface area contributed by atoms with E-state index in [-0.39, 0.29) is 18.0 Å². The van der Waals surface area contributed by atoms with Gasteiger partial charge >= 0.3 is 5.97 Å². The molecule has 0 N–H and O–H groups in total. The van der Waals surface area contributed by atoms with Gasteiger partial charge in [-0.3, -0.25) is 9.59 Å². The van der Waals surface area contributed by atoms with Crippen molar-refractivity contribution in [1.29, 1.82) is 0 Å². The molecule has 8 heteroatoms. The topological polar surface area (TPSA) is 60.7 Å². The van der Waals surface area contributed by atoms with Gasteiger partial charge < -0.3 is 9.30 Å². The average Bonchev–Trinajstić information content (AvgIpc) is 2.93. The quantitative estimate of drug-likeness (QED) is 0.640. The zero-order chi connectivity index (χ0) is 19.6. The first kappa shape index (κ1) is 18.9. The fraction of sp³-hybridized carbons (Fsp3) is 0.211. The second kappa shape index (κ2) is 7.79. The van der Waals surface area contributed by atoms with Crippen molar-refractivity contribution in [2.45, 2.75) is 20.4 Å². The fourth-order valence-corrected chi connectivity index (χ4v) is 3.83. The second-order valence-corrected chi connectivity index (χ2v) is 6.72. The Kier molecular flexibility index (Phi) is 5.46. The lowest BCUT2D eigenvalue weighted by Crippen LogP contribution is -2.23. The molecule has 3 rings (SSSR count). The molecule has 2 aromatic carbocycles. The monoisotopic (exact) mass is 390 g/mol. The fourth-order valence-electron chi connectivity index (χ4n) is 2.72. The standard InChI is InChI=1S/C19H16F2N2O3S/c1-3-26-15(24)10-23-17-11(2)6-4-9-14(17)27-19(23)22-18(25)16-12(20)7-5-8-13(16)21/h4-9H,3,10H2,1-2H3. The van der Waals surface area contributed by atoms with Crippen molar-refractivity contribution in [1.82, 2.24) is 4.57 Å². The SMILES string of the molecule is CCOC(=O)Cn1c(=NC(=O)c2c(F)cccc2F)sc2cccc(C)c21. The van der Waals surface area contributed by atoms with E-state index < -0.39 is 29.1 Å². The van der Waals surface area contributed by atoms with Crippen LogP contribution in [-0.2, 0) is 16.1 Å². The predicted octanol–water partition coefficient (Wildman–Crippen LogP) is 3.59. The molecule has 1 heterocycles. The zero-order valence-corrected chi connectivity index (χ0v) is 15.5. The molecule has 0 aliphatic carbocycles. The predicted molar refractivity (Wildman–Crippen MR) is 97.4 cm³/mol. The van der Waals surface area contributed by atoms with Crippen molar-refractivity contribution in [3.63, 3.8) is 0 Å². The summed E-state index contributed by atoms with van der Waals surface area (Å²) in [5.74, 6) is -3.52. The number of carbonyl (C=O) groups excluding carboxylic acids is 2. The van der Waals surface area contributed by atoms with Crippen molar-refractivity contribution in [3.8, 4) is 0 Å². The van der Waals surface area contributed by atoms with Crippen LogP contribution in [0, 0.1) is 18.6 Å². The number of fused-ring (bicyclic) bond motifs is 1. The number of aromatic nitrogens is 1. The highest BCUT2D eigenvalue weighted by atomic mass is 32.1. The molecule has 0 bridgehead atoms. The number of halogens is 2. The zero-order valence-electron chi connectivity index (χ0n) is 14.7. The summed E-state index contributed by atoms with van der Waals surface area (Å²) in [7, 11) is 0. The molecule has 27 heavy (non-hydrogen) atoms. The Balaban J connectivity index is 2.18. The van der Waals surface area contributed by atoms with Gasteiger partial charge in [-0.2, -0.15) is 4.99 Å². The van der Waals surface area contributed by atoms with Crippen LogP contribution in [0.4, 0.5) is 8.78 Å². The van der Waals surface area contributed by atoms with Crippen LogP contribution >= 0.6 is 11.3 Å². The molecular formula is C19H16F2N2O3S. The number of rotatable bonds is 4. The summed E-state index contributed by atoms with van der Waals surface area (Å²) in [6, 6.07) is 8.68. The molecule has 0 saturated carbocycles. The highest BCUT2D eigenvalue weighted by Crippen LogP contribution is 2.21. The molecule has 3 aromatic rings. The molecule has 1 aromatic heterocycles. The van der Waals surface area contributed by atoms with Crippen molar-refractivity contribution >= 4 is 33.4 Å². The first-order chi connectivity index (χ1) is 12.9. The molecular weight excluding hydrogens is 374 g/mol. The molecule has 1 amide bonds. The van der Waals surface area contributed by atoms with Crippen LogP contribution in [0.3, 0.4) is 0 Å². The van der Waals surface area contributed by atoms with E-state index in [1.165, 1.54) is 10.6 Å². The van der Waals surface area contributed by atoms with E-state index >= 15 is 0 Å². The van der Waals surface area contributed by atoms with Crippen LogP contribution in [0.2, 0.25) is 0 Å². The van der Waals surface area contributed by atoms with Gasteiger partial charge in [0, 0.05) is 0 Å². The third-order valence-electron chi connectivity index (χ3n) is 3.87. The number of nitrogens with zero attached hydrogens (tertiary/aromatic N) is 2. The van der Waals surface area contributed by atoms with E-state index in [1.807, 2.05) is 25.1 Å². The molecule has 0 atom stereocenters. The highest BCUT2D eigenvalue weighted by Gasteiger charge is 2.18. The molecule has 140 valence electrons. The minimum Gasteiger partial charge on any atom is -0.465 e. The van der Waals surface area contributed by atoms with Gasteiger partial charge in [0.1, 0.15) is 23.7 Å². The number of thiazole rings is 1. The van der Waals surface area contributed by atoms with E-state index in [2.05, 4.69) is 4.99 Å². The number of benzene rings is 2. The number of ether oxygens (including phenoxy) is 1. The van der Waals surface area contributed by atoms with E-state index in [0.717, 1.165) is 39.2 Å². The summed E-state index contributed by atoms with van der Waals surface area (Å²) in [4.78, 5) is 28.5. The first-order valence-electron chi connectivity index (χ1n) is 8.20. The minimum absolute atomic E-state index is 0.162. The minimum atomic E-state index is -1.05. The van der Waals surface area contributed by atoms with Crippen LogP contribution < -0.4 is 4.80 Å². The number of amides is 1. The molecule has 0 aliphatic heterocycles. The summed E-state index contributed by atoms with van der Waals surface area (Å²) in [5.41, 5.74) is 0.865. The van der Waals surface area contributed by atoms with Gasteiger partial charge in [-0.25, -0.2) is 8.78 Å². The smallest absolute Gasteiger partial charge is 0.326 e. The Labute approximate surface area is 157 Å². The van der Waals surface area contributed by atoms with Crippen LogP contribution in [0.25, 0.3) is 10.2 Å². The average molecular weight is 390 g/mol. The van der Waals surface area contributed by atoms with Crippen LogP contribution in [0.5, 0.6) is 0 Å². The molecule has 0 radical (unpaired) electrons. The lowest BCUT2D eigenvalue weighted by molar-refractivity contribution is -0.143. The Bertz CT molecular complexity index is 1080. The molecule has 0 aliphatic rings. The maximum Gasteiger partial charge on any atom is 0.326 e. The molecule has 0 spiro atoms. The van der Waals surface area contributed by atoms with Gasteiger partial charge in [0.05, 0.1) is 16.8 Å². The number of hydrogen-bond donors (Lipinski definition) is 0. The van der Waals surface area contributed by atoms with Gasteiger partial charge in [-0.05, 0) is 37.6 Å². The number of aryl methyl sites for hydroxylation is 1. The molecule has 0 saturated heterocycles. The Morgan fingerprint density at radius 2 is 1.81 bits per heavy atom. The number of esters is 1. The maximum absolute atomic E-state index is 13.9. The summed E-state index contributed by atoms with van der Waals surface area (Å²) in [6.45, 7) is 3.60. The van der Waals surface area contributed by atoms with Gasteiger partial charge in [0.25, 0.3) is 5.91 Å². The van der Waals surface area contributed by atoms with E-state index in [4.69, 9.17) is 4.74 Å². The molecule has 0 fully saturated rings. The molecule has 0 unspecified atom stereocenters. The maximum atomic E-state index is 13.9. The number of para-hydroxylation sites is 1. The van der Waals surface area contributed by atoms with Crippen LogP contribution in [0.15, 0.2) is 41.4 Å². The van der Waals surface area contributed by atoms with Crippen LogP contribution in [0.1, 0.15) is 22.8 Å². The summed E-state index contributed by atoms with van der Waals surface area (Å²) in [5, 5.41) is 0. The van der Waals surface area contributed by atoms with Crippen molar-refractivity contribution in [3.05, 3.63) is 64.0 Å².